The Balaban J connectivity index is 2.14. The maximum Gasteiger partial charge on any atom is 0.247 e. The second kappa shape index (κ2) is 9.56. The summed E-state index contributed by atoms with van der Waals surface area (Å²) >= 11 is 0. The molecule has 0 fully saturated rings. The zero-order valence-electron chi connectivity index (χ0n) is 18.7. The molecule has 0 saturated heterocycles. The first-order valence-corrected chi connectivity index (χ1v) is 11.9. The molecule has 0 bridgehead atoms. The van der Waals surface area contributed by atoms with Crippen molar-refractivity contribution in [2.45, 2.75) is 37.8 Å². The lowest BCUT2D eigenvalue weighted by Crippen LogP contribution is -2.50. The Morgan fingerprint density at radius 3 is 2.59 bits per heavy atom. The predicted octanol–water partition coefficient (Wildman–Crippen LogP) is 2.74. The molecule has 1 aliphatic heterocycles. The van der Waals surface area contributed by atoms with Gasteiger partial charge in [-0.25, -0.2) is 12.8 Å². The maximum absolute atomic E-state index is 13.8. The summed E-state index contributed by atoms with van der Waals surface area (Å²) in [5.41, 5.74) is 1.19. The molecular weight excluding hydrogens is 435 g/mol. The Morgan fingerprint density at radius 2 is 1.97 bits per heavy atom. The Morgan fingerprint density at radius 1 is 1.28 bits per heavy atom. The lowest BCUT2D eigenvalue weighted by molar-refractivity contribution is -0.129. The number of rotatable bonds is 5. The highest BCUT2D eigenvalue weighted by molar-refractivity contribution is 7.89. The predicted molar refractivity (Wildman–Crippen MR) is 119 cm³/mol. The van der Waals surface area contributed by atoms with E-state index >= 15 is 0 Å². The lowest BCUT2D eigenvalue weighted by Gasteiger charge is -2.37. The van der Waals surface area contributed by atoms with Gasteiger partial charge in [0.25, 0.3) is 0 Å². The minimum atomic E-state index is -3.97. The standard InChI is InChI=1S/C23H29FN2O5S/c1-15-12-26(16(2)14-27)32(29,30)23-9-8-19(18-6-5-7-20(24)10-18)11-21(23)31-22(15)13-25(4)17(3)28/h5-11,15-16,22,27H,12-14H2,1-4H3/t15-,16+,22+/m0/s1. The van der Waals surface area contributed by atoms with E-state index in [0.717, 1.165) is 0 Å². The normalized spacial score (nSPS) is 21.6. The number of halogens is 1. The number of carbonyl (C=O) groups is 1. The molecule has 0 spiro atoms. The molecular formula is C23H29FN2O5S. The van der Waals surface area contributed by atoms with E-state index in [-0.39, 0.29) is 42.2 Å². The van der Waals surface area contributed by atoms with Crippen molar-refractivity contribution in [2.75, 3.05) is 26.7 Å². The van der Waals surface area contributed by atoms with Crippen LogP contribution in [0.2, 0.25) is 0 Å². The molecule has 1 amide bonds. The first-order valence-electron chi connectivity index (χ1n) is 10.5. The van der Waals surface area contributed by atoms with E-state index in [1.165, 1.54) is 34.3 Å². The summed E-state index contributed by atoms with van der Waals surface area (Å²) in [6.45, 7) is 5.01. The van der Waals surface area contributed by atoms with Gasteiger partial charge in [-0.15, -0.1) is 0 Å². The molecule has 7 nitrogen and oxygen atoms in total. The van der Waals surface area contributed by atoms with E-state index in [0.29, 0.717) is 11.1 Å². The summed E-state index contributed by atoms with van der Waals surface area (Å²) in [5, 5.41) is 9.69. The van der Waals surface area contributed by atoms with Crippen LogP contribution in [0.1, 0.15) is 20.8 Å². The number of likely N-dealkylation sites (N-methyl/N-ethyl adjacent to an activating group) is 1. The molecule has 3 rings (SSSR count). The highest BCUT2D eigenvalue weighted by Gasteiger charge is 2.38. The van der Waals surface area contributed by atoms with Crippen molar-refractivity contribution in [1.29, 1.82) is 0 Å². The van der Waals surface area contributed by atoms with Crippen LogP contribution in [0, 0.1) is 11.7 Å². The van der Waals surface area contributed by atoms with Crippen LogP contribution in [0.5, 0.6) is 5.75 Å². The third-order valence-corrected chi connectivity index (χ3v) is 7.84. The SMILES string of the molecule is CC(=O)N(C)C[C@H]1Oc2cc(-c3cccc(F)c3)ccc2S(=O)(=O)N([C@H](C)CO)C[C@@H]1C. The van der Waals surface area contributed by atoms with Gasteiger partial charge >= 0.3 is 0 Å². The van der Waals surface area contributed by atoms with Crippen molar-refractivity contribution in [2.24, 2.45) is 5.92 Å². The van der Waals surface area contributed by atoms with Crippen molar-refractivity contribution in [3.8, 4) is 16.9 Å². The van der Waals surface area contributed by atoms with Gasteiger partial charge in [-0.05, 0) is 42.3 Å². The van der Waals surface area contributed by atoms with E-state index in [2.05, 4.69) is 0 Å². The van der Waals surface area contributed by atoms with Crippen LogP contribution in [0.25, 0.3) is 11.1 Å². The van der Waals surface area contributed by atoms with E-state index in [9.17, 15) is 22.7 Å². The zero-order chi connectivity index (χ0) is 23.6. The van der Waals surface area contributed by atoms with Crippen molar-refractivity contribution >= 4 is 15.9 Å². The van der Waals surface area contributed by atoms with Crippen LogP contribution >= 0.6 is 0 Å². The van der Waals surface area contributed by atoms with E-state index in [1.54, 1.807) is 38.2 Å². The van der Waals surface area contributed by atoms with Gasteiger partial charge in [0, 0.05) is 32.5 Å². The number of hydrogen-bond donors (Lipinski definition) is 1. The summed E-state index contributed by atoms with van der Waals surface area (Å²) in [6.07, 6.45) is -0.491. The maximum atomic E-state index is 13.8. The molecule has 0 saturated carbocycles. The molecule has 9 heteroatoms. The van der Waals surface area contributed by atoms with Gasteiger partial charge in [-0.2, -0.15) is 4.31 Å². The average Bonchev–Trinajstić information content (AvgIpc) is 2.75. The number of aliphatic hydroxyl groups is 1. The van der Waals surface area contributed by atoms with Crippen LogP contribution in [0.15, 0.2) is 47.4 Å². The molecule has 0 radical (unpaired) electrons. The summed E-state index contributed by atoms with van der Waals surface area (Å²) in [7, 11) is -2.31. The number of benzene rings is 2. The highest BCUT2D eigenvalue weighted by Crippen LogP contribution is 2.36. The molecule has 2 aromatic rings. The van der Waals surface area contributed by atoms with Crippen LogP contribution in [0.4, 0.5) is 4.39 Å². The molecule has 2 aromatic carbocycles. The number of hydrogen-bond acceptors (Lipinski definition) is 5. The summed E-state index contributed by atoms with van der Waals surface area (Å²) in [4.78, 5) is 13.3. The monoisotopic (exact) mass is 464 g/mol. The Hall–Kier alpha value is -2.49. The Bertz CT molecular complexity index is 1090. The molecule has 0 aromatic heterocycles. The molecule has 3 atom stereocenters. The summed E-state index contributed by atoms with van der Waals surface area (Å²) in [6, 6.07) is 10.0. The molecule has 32 heavy (non-hydrogen) atoms. The van der Waals surface area contributed by atoms with Crippen LogP contribution in [-0.2, 0) is 14.8 Å². The number of amides is 1. The minimum Gasteiger partial charge on any atom is -0.487 e. The number of aliphatic hydroxyl groups excluding tert-OH is 1. The Kier molecular flexibility index (Phi) is 7.22. The second-order valence-corrected chi connectivity index (χ2v) is 10.2. The third kappa shape index (κ3) is 4.95. The second-order valence-electron chi connectivity index (χ2n) is 8.31. The molecule has 174 valence electrons. The number of fused-ring (bicyclic) bond motifs is 1. The zero-order valence-corrected chi connectivity index (χ0v) is 19.5. The molecule has 0 aliphatic carbocycles. The topological polar surface area (TPSA) is 87.2 Å². The van der Waals surface area contributed by atoms with Gasteiger partial charge < -0.3 is 14.7 Å². The average molecular weight is 465 g/mol. The van der Waals surface area contributed by atoms with Crippen molar-refractivity contribution in [3.05, 3.63) is 48.3 Å². The largest absolute Gasteiger partial charge is 0.487 e. The fourth-order valence-electron chi connectivity index (χ4n) is 3.69. The smallest absolute Gasteiger partial charge is 0.247 e. The van der Waals surface area contributed by atoms with Crippen molar-refractivity contribution in [1.82, 2.24) is 9.21 Å². The van der Waals surface area contributed by atoms with Gasteiger partial charge in [-0.3, -0.25) is 4.79 Å². The van der Waals surface area contributed by atoms with Gasteiger partial charge in [0.05, 0.1) is 13.2 Å². The minimum absolute atomic E-state index is 0.0275. The number of carbonyl (C=O) groups excluding carboxylic acids is 1. The summed E-state index contributed by atoms with van der Waals surface area (Å²) in [5.74, 6) is -0.674. The fourth-order valence-corrected chi connectivity index (χ4v) is 5.52. The molecule has 1 heterocycles. The Labute approximate surface area is 188 Å². The third-order valence-electron chi connectivity index (χ3n) is 5.82. The number of nitrogens with zero attached hydrogens (tertiary/aromatic N) is 2. The van der Waals surface area contributed by atoms with Gasteiger partial charge in [0.1, 0.15) is 22.6 Å². The first-order chi connectivity index (χ1) is 15.0. The van der Waals surface area contributed by atoms with Crippen LogP contribution < -0.4 is 4.74 Å². The number of ether oxygens (including phenoxy) is 1. The quantitative estimate of drug-likeness (QED) is 0.735. The highest BCUT2D eigenvalue weighted by atomic mass is 32.2. The van der Waals surface area contributed by atoms with Gasteiger partial charge in [0.2, 0.25) is 15.9 Å². The first kappa shape index (κ1) is 24.2. The van der Waals surface area contributed by atoms with Gasteiger partial charge in [0.15, 0.2) is 0 Å². The molecule has 1 aliphatic rings. The van der Waals surface area contributed by atoms with E-state index in [4.69, 9.17) is 4.74 Å². The lowest BCUT2D eigenvalue weighted by atomic mass is 10.0. The molecule has 1 N–H and O–H groups in total. The summed E-state index contributed by atoms with van der Waals surface area (Å²) < 4.78 is 48.2. The number of sulfonamides is 1. The van der Waals surface area contributed by atoms with Crippen LogP contribution in [-0.4, -0.2) is 67.5 Å². The van der Waals surface area contributed by atoms with Gasteiger partial charge in [-0.1, -0.05) is 25.1 Å². The van der Waals surface area contributed by atoms with E-state index in [1.807, 2.05) is 6.92 Å². The fraction of sp³-hybridized carbons (Fsp3) is 0.435. The molecule has 0 unspecified atom stereocenters. The van der Waals surface area contributed by atoms with Crippen molar-refractivity contribution < 1.29 is 27.4 Å². The van der Waals surface area contributed by atoms with Crippen molar-refractivity contribution in [3.63, 3.8) is 0 Å². The van der Waals surface area contributed by atoms with Crippen LogP contribution in [0.3, 0.4) is 0 Å². The van der Waals surface area contributed by atoms with E-state index < -0.39 is 28.0 Å².